The van der Waals surface area contributed by atoms with Crippen molar-refractivity contribution in [1.29, 1.82) is 0 Å². The Hall–Kier alpha value is -3.68. The van der Waals surface area contributed by atoms with Gasteiger partial charge in [0.25, 0.3) is 5.91 Å². The first-order valence-corrected chi connectivity index (χ1v) is 12.9. The van der Waals surface area contributed by atoms with Crippen LogP contribution in [0.1, 0.15) is 0 Å². The number of para-hydroxylation sites is 3. The van der Waals surface area contributed by atoms with Gasteiger partial charge < -0.3 is 10.1 Å². The highest BCUT2D eigenvalue weighted by molar-refractivity contribution is 8.00. The van der Waals surface area contributed by atoms with Crippen LogP contribution in [0.4, 0.5) is 17.1 Å². The lowest BCUT2D eigenvalue weighted by Gasteiger charge is -2.31. The third-order valence-corrected chi connectivity index (χ3v) is 7.42. The fourth-order valence-corrected chi connectivity index (χ4v) is 5.49. The number of nitrogens with zero attached hydrogens (tertiary/aromatic N) is 1. The third-order valence-electron chi connectivity index (χ3n) is 5.30. The van der Waals surface area contributed by atoms with Gasteiger partial charge in [-0.15, -0.1) is 11.8 Å². The van der Waals surface area contributed by atoms with E-state index in [1.165, 1.54) is 11.8 Å². The Morgan fingerprint density at radius 3 is 2.03 bits per heavy atom. The quantitative estimate of drug-likeness (QED) is 0.290. The number of amides is 2. The van der Waals surface area contributed by atoms with Crippen LogP contribution in [0, 0.1) is 0 Å². The number of fused-ring (bicyclic) bond motifs is 2. The first-order chi connectivity index (χ1) is 17.2. The number of ether oxygens (including phenoxy) is 1. The van der Waals surface area contributed by atoms with E-state index < -0.39 is 0 Å². The number of nitrogens with one attached hydrogen (secondary N) is 1. The molecular formula is C28H22N2O3S2. The van der Waals surface area contributed by atoms with Gasteiger partial charge in [-0.2, -0.15) is 0 Å². The molecule has 0 bridgehead atoms. The average Bonchev–Trinajstić information content (AvgIpc) is 2.90. The Labute approximate surface area is 212 Å². The van der Waals surface area contributed by atoms with Crippen LogP contribution in [-0.2, 0) is 9.59 Å². The Morgan fingerprint density at radius 2 is 1.37 bits per heavy atom. The fraction of sp³-hybridized carbons (Fsp3) is 0.0714. The van der Waals surface area contributed by atoms with Gasteiger partial charge in [0.2, 0.25) is 5.91 Å². The van der Waals surface area contributed by atoms with Crippen LogP contribution >= 0.6 is 23.5 Å². The van der Waals surface area contributed by atoms with Gasteiger partial charge in [0.05, 0.1) is 17.1 Å². The number of benzene rings is 4. The molecule has 1 heterocycles. The van der Waals surface area contributed by atoms with E-state index >= 15 is 0 Å². The van der Waals surface area contributed by atoms with E-state index in [9.17, 15) is 9.59 Å². The maximum atomic E-state index is 13.3. The van der Waals surface area contributed by atoms with Crippen LogP contribution < -0.4 is 15.0 Å². The van der Waals surface area contributed by atoms with E-state index in [2.05, 4.69) is 5.32 Å². The molecule has 1 N–H and O–H groups in total. The second-order valence-electron chi connectivity index (χ2n) is 7.73. The van der Waals surface area contributed by atoms with Gasteiger partial charge in [0, 0.05) is 20.4 Å². The lowest BCUT2D eigenvalue weighted by Crippen LogP contribution is -2.29. The smallest absolute Gasteiger partial charge is 0.262 e. The molecule has 7 heteroatoms. The fourth-order valence-electron chi connectivity index (χ4n) is 3.68. The van der Waals surface area contributed by atoms with E-state index in [4.69, 9.17) is 4.74 Å². The predicted molar refractivity (Wildman–Crippen MR) is 142 cm³/mol. The summed E-state index contributed by atoms with van der Waals surface area (Å²) in [4.78, 5) is 30.4. The highest BCUT2D eigenvalue weighted by Gasteiger charge is 2.27. The molecule has 2 amide bonds. The summed E-state index contributed by atoms with van der Waals surface area (Å²) in [5, 5.41) is 2.83. The van der Waals surface area contributed by atoms with Crippen molar-refractivity contribution in [2.45, 2.75) is 14.7 Å². The Kier molecular flexibility index (Phi) is 7.07. The largest absolute Gasteiger partial charge is 0.484 e. The molecule has 1 aliphatic heterocycles. The van der Waals surface area contributed by atoms with E-state index in [-0.39, 0.29) is 18.4 Å². The average molecular weight is 499 g/mol. The maximum absolute atomic E-state index is 13.3. The molecule has 0 spiro atoms. The van der Waals surface area contributed by atoms with Crippen molar-refractivity contribution < 1.29 is 14.3 Å². The molecule has 0 saturated heterocycles. The molecule has 0 aliphatic carbocycles. The minimum Gasteiger partial charge on any atom is -0.484 e. The zero-order valence-corrected chi connectivity index (χ0v) is 20.4. The van der Waals surface area contributed by atoms with Crippen molar-refractivity contribution in [2.75, 3.05) is 22.6 Å². The number of anilines is 3. The topological polar surface area (TPSA) is 58.6 Å². The monoisotopic (exact) mass is 498 g/mol. The van der Waals surface area contributed by atoms with Gasteiger partial charge in [-0.1, -0.05) is 54.2 Å². The van der Waals surface area contributed by atoms with Crippen LogP contribution in [0.5, 0.6) is 5.75 Å². The Bertz CT molecular complexity index is 1300. The van der Waals surface area contributed by atoms with Crippen molar-refractivity contribution in [3.05, 3.63) is 103 Å². The van der Waals surface area contributed by atoms with Crippen molar-refractivity contribution in [1.82, 2.24) is 0 Å². The molecule has 4 aromatic carbocycles. The Morgan fingerprint density at radius 1 is 0.771 bits per heavy atom. The van der Waals surface area contributed by atoms with Crippen molar-refractivity contribution in [3.8, 4) is 5.75 Å². The number of carbonyl (C=O) groups excluding carboxylic acids is 2. The second kappa shape index (κ2) is 10.7. The molecule has 0 unspecified atom stereocenters. The number of hydrogen-bond donors (Lipinski definition) is 1. The minimum absolute atomic E-state index is 0.0191. The number of rotatable bonds is 7. The molecule has 0 aromatic heterocycles. The highest BCUT2D eigenvalue weighted by Crippen LogP contribution is 2.48. The molecule has 0 radical (unpaired) electrons. The number of thioether (sulfide) groups is 1. The van der Waals surface area contributed by atoms with Crippen LogP contribution in [0.15, 0.2) is 118 Å². The summed E-state index contributed by atoms with van der Waals surface area (Å²) < 4.78 is 5.48. The lowest BCUT2D eigenvalue weighted by atomic mass is 10.2. The van der Waals surface area contributed by atoms with E-state index in [1.807, 2.05) is 95.9 Å². The molecule has 174 valence electrons. The maximum Gasteiger partial charge on any atom is 0.262 e. The molecule has 35 heavy (non-hydrogen) atoms. The van der Waals surface area contributed by atoms with Gasteiger partial charge in [0.15, 0.2) is 6.61 Å². The molecule has 5 rings (SSSR count). The second-order valence-corrected chi connectivity index (χ2v) is 9.86. The van der Waals surface area contributed by atoms with Crippen molar-refractivity contribution in [2.24, 2.45) is 0 Å². The van der Waals surface area contributed by atoms with Gasteiger partial charge in [-0.3, -0.25) is 14.5 Å². The zero-order valence-electron chi connectivity index (χ0n) is 18.7. The molecule has 4 aromatic rings. The summed E-state index contributed by atoms with van der Waals surface area (Å²) in [6, 6.07) is 32.6. The molecule has 0 atom stereocenters. The van der Waals surface area contributed by atoms with Gasteiger partial charge in [-0.05, 0) is 60.7 Å². The molecule has 0 fully saturated rings. The summed E-state index contributed by atoms with van der Waals surface area (Å²) in [6.07, 6.45) is 0. The Balaban J connectivity index is 1.19. The van der Waals surface area contributed by atoms with Crippen molar-refractivity contribution in [3.63, 3.8) is 0 Å². The summed E-state index contributed by atoms with van der Waals surface area (Å²) in [5.41, 5.74) is 2.51. The van der Waals surface area contributed by atoms with Crippen LogP contribution in [-0.4, -0.2) is 24.2 Å². The van der Waals surface area contributed by atoms with Crippen molar-refractivity contribution >= 4 is 52.4 Å². The first kappa shape index (κ1) is 23.1. The molecule has 5 nitrogen and oxygen atoms in total. The summed E-state index contributed by atoms with van der Waals surface area (Å²) in [6.45, 7) is -0.0634. The van der Waals surface area contributed by atoms with Crippen LogP contribution in [0.25, 0.3) is 0 Å². The zero-order chi connectivity index (χ0) is 24.0. The normalized spacial score (nSPS) is 11.8. The SMILES string of the molecule is O=C(COc1ccccc1)Nc1ccc(SCC(=O)N2c3ccccc3Sc3ccccc32)cc1. The lowest BCUT2D eigenvalue weighted by molar-refractivity contribution is -0.118. The van der Waals surface area contributed by atoms with Crippen LogP contribution in [0.2, 0.25) is 0 Å². The number of hydrogen-bond acceptors (Lipinski definition) is 5. The van der Waals surface area contributed by atoms with E-state index in [0.29, 0.717) is 17.2 Å². The van der Waals surface area contributed by atoms with Gasteiger partial charge in [0.1, 0.15) is 5.75 Å². The first-order valence-electron chi connectivity index (χ1n) is 11.1. The predicted octanol–water partition coefficient (Wildman–Crippen LogP) is 6.63. The van der Waals surface area contributed by atoms with Gasteiger partial charge >= 0.3 is 0 Å². The van der Waals surface area contributed by atoms with Gasteiger partial charge in [-0.25, -0.2) is 0 Å². The molecule has 1 aliphatic rings. The van der Waals surface area contributed by atoms with E-state index in [0.717, 1.165) is 26.1 Å². The summed E-state index contributed by atoms with van der Waals surface area (Å²) in [7, 11) is 0. The number of carbonyl (C=O) groups is 2. The van der Waals surface area contributed by atoms with Crippen LogP contribution in [0.3, 0.4) is 0 Å². The summed E-state index contributed by atoms with van der Waals surface area (Å²) >= 11 is 3.15. The highest BCUT2D eigenvalue weighted by atomic mass is 32.2. The standard InChI is InChI=1S/C28H22N2O3S2/c31-27(18-33-21-8-2-1-3-9-21)29-20-14-16-22(17-15-20)34-19-28(32)30-23-10-4-6-12-25(23)35-26-13-7-5-11-24(26)30/h1-17H,18-19H2,(H,29,31). The molecular weight excluding hydrogens is 476 g/mol. The van der Waals surface area contributed by atoms with E-state index in [1.54, 1.807) is 23.9 Å². The third kappa shape index (κ3) is 5.53. The molecule has 0 saturated carbocycles. The minimum atomic E-state index is -0.232. The summed E-state index contributed by atoms with van der Waals surface area (Å²) in [5.74, 6) is 0.733.